The molecule has 0 radical (unpaired) electrons. The number of nitrogens with zero attached hydrogens (tertiary/aromatic N) is 2. The standard InChI is InChI=1S/C16H11Cl2N3O3/c17-12-2-1-3-13(15(12)18)20-14(22)8-23-11-6-4-10(5-7-11)16-21-19-9-24-16/h1-7,9H,8H2,(H,20,22). The molecule has 0 aliphatic rings. The lowest BCUT2D eigenvalue weighted by atomic mass is 10.2. The molecule has 0 aliphatic heterocycles. The van der Waals surface area contributed by atoms with Gasteiger partial charge >= 0.3 is 0 Å². The monoisotopic (exact) mass is 363 g/mol. The zero-order valence-corrected chi connectivity index (χ0v) is 13.7. The molecule has 0 aliphatic carbocycles. The van der Waals surface area contributed by atoms with Crippen molar-refractivity contribution in [1.29, 1.82) is 0 Å². The van der Waals surface area contributed by atoms with Gasteiger partial charge in [-0.25, -0.2) is 0 Å². The molecule has 0 fully saturated rings. The van der Waals surface area contributed by atoms with Gasteiger partial charge in [0.2, 0.25) is 12.3 Å². The number of hydrogen-bond acceptors (Lipinski definition) is 5. The zero-order valence-electron chi connectivity index (χ0n) is 12.2. The Morgan fingerprint density at radius 1 is 1.17 bits per heavy atom. The lowest BCUT2D eigenvalue weighted by Crippen LogP contribution is -2.20. The first-order chi connectivity index (χ1) is 11.6. The Bertz CT molecular complexity index is 836. The van der Waals surface area contributed by atoms with Crippen molar-refractivity contribution in [3.05, 3.63) is 58.9 Å². The fourth-order valence-electron chi connectivity index (χ4n) is 1.93. The second kappa shape index (κ2) is 7.33. The van der Waals surface area contributed by atoms with Crippen molar-refractivity contribution in [2.24, 2.45) is 0 Å². The summed E-state index contributed by atoms with van der Waals surface area (Å²) in [5.41, 5.74) is 1.19. The van der Waals surface area contributed by atoms with Crippen molar-refractivity contribution >= 4 is 34.8 Å². The van der Waals surface area contributed by atoms with Crippen molar-refractivity contribution in [1.82, 2.24) is 10.2 Å². The fraction of sp³-hybridized carbons (Fsp3) is 0.0625. The summed E-state index contributed by atoms with van der Waals surface area (Å²) in [4.78, 5) is 11.9. The Hall–Kier alpha value is -2.57. The van der Waals surface area contributed by atoms with Crippen molar-refractivity contribution in [2.45, 2.75) is 0 Å². The molecule has 0 atom stereocenters. The minimum Gasteiger partial charge on any atom is -0.484 e. The summed E-state index contributed by atoms with van der Waals surface area (Å²) >= 11 is 11.9. The van der Waals surface area contributed by atoms with E-state index in [0.29, 0.717) is 22.4 Å². The third-order valence-corrected chi connectivity index (χ3v) is 3.88. The van der Waals surface area contributed by atoms with Gasteiger partial charge in [0, 0.05) is 5.56 Å². The number of amides is 1. The maximum atomic E-state index is 11.9. The van der Waals surface area contributed by atoms with E-state index in [9.17, 15) is 4.79 Å². The highest BCUT2D eigenvalue weighted by Gasteiger charge is 2.09. The van der Waals surface area contributed by atoms with Crippen LogP contribution in [0.1, 0.15) is 0 Å². The van der Waals surface area contributed by atoms with Gasteiger partial charge in [-0.15, -0.1) is 10.2 Å². The van der Waals surface area contributed by atoms with E-state index in [1.165, 1.54) is 6.39 Å². The van der Waals surface area contributed by atoms with Gasteiger partial charge in [0.1, 0.15) is 5.75 Å². The highest BCUT2D eigenvalue weighted by atomic mass is 35.5. The van der Waals surface area contributed by atoms with E-state index < -0.39 is 0 Å². The van der Waals surface area contributed by atoms with Gasteiger partial charge < -0.3 is 14.5 Å². The minimum absolute atomic E-state index is 0.164. The molecule has 1 N–H and O–H groups in total. The van der Waals surface area contributed by atoms with Gasteiger partial charge in [0.25, 0.3) is 5.91 Å². The Kier molecular flexibility index (Phi) is 4.98. The number of halogens is 2. The summed E-state index contributed by atoms with van der Waals surface area (Å²) in [5, 5.41) is 10.7. The van der Waals surface area contributed by atoms with Crippen LogP contribution in [0, 0.1) is 0 Å². The van der Waals surface area contributed by atoms with Crippen molar-refractivity contribution in [3.63, 3.8) is 0 Å². The number of anilines is 1. The third-order valence-electron chi connectivity index (χ3n) is 3.06. The first-order valence-corrected chi connectivity index (χ1v) is 7.62. The van der Waals surface area contributed by atoms with Gasteiger partial charge in [-0.3, -0.25) is 4.79 Å². The Labute approximate surface area is 147 Å². The maximum Gasteiger partial charge on any atom is 0.262 e. The van der Waals surface area contributed by atoms with Gasteiger partial charge in [0.05, 0.1) is 15.7 Å². The molecule has 0 saturated carbocycles. The number of benzene rings is 2. The van der Waals surface area contributed by atoms with Gasteiger partial charge in [-0.2, -0.15) is 0 Å². The summed E-state index contributed by atoms with van der Waals surface area (Å²) in [7, 11) is 0. The molecule has 0 spiro atoms. The number of aromatic nitrogens is 2. The molecular weight excluding hydrogens is 353 g/mol. The molecule has 1 heterocycles. The van der Waals surface area contributed by atoms with Gasteiger partial charge in [-0.1, -0.05) is 29.3 Å². The van der Waals surface area contributed by atoms with Crippen LogP contribution in [-0.2, 0) is 4.79 Å². The molecule has 1 amide bonds. The predicted octanol–water partition coefficient (Wildman–Crippen LogP) is 4.06. The largest absolute Gasteiger partial charge is 0.484 e. The lowest BCUT2D eigenvalue weighted by Gasteiger charge is -2.09. The van der Waals surface area contributed by atoms with E-state index >= 15 is 0 Å². The molecule has 0 bridgehead atoms. The average Bonchev–Trinajstić information content (AvgIpc) is 3.12. The predicted molar refractivity (Wildman–Crippen MR) is 90.3 cm³/mol. The van der Waals surface area contributed by atoms with Crippen LogP contribution in [-0.4, -0.2) is 22.7 Å². The lowest BCUT2D eigenvalue weighted by molar-refractivity contribution is -0.118. The van der Waals surface area contributed by atoms with Crippen molar-refractivity contribution in [2.75, 3.05) is 11.9 Å². The molecule has 122 valence electrons. The van der Waals surface area contributed by atoms with Gasteiger partial charge in [-0.05, 0) is 36.4 Å². The Morgan fingerprint density at radius 3 is 2.67 bits per heavy atom. The number of carbonyl (C=O) groups is 1. The highest BCUT2D eigenvalue weighted by molar-refractivity contribution is 6.43. The summed E-state index contributed by atoms with van der Waals surface area (Å²) in [5.74, 6) is 0.598. The number of carbonyl (C=O) groups excluding carboxylic acids is 1. The van der Waals surface area contributed by atoms with Crippen LogP contribution in [0.2, 0.25) is 10.0 Å². The van der Waals surface area contributed by atoms with Crippen LogP contribution in [0.5, 0.6) is 5.75 Å². The van der Waals surface area contributed by atoms with Crippen LogP contribution in [0.15, 0.2) is 53.3 Å². The number of hydrogen-bond donors (Lipinski definition) is 1. The molecule has 3 aromatic rings. The van der Waals surface area contributed by atoms with E-state index in [2.05, 4.69) is 15.5 Å². The molecule has 0 saturated heterocycles. The quantitative estimate of drug-likeness (QED) is 0.739. The van der Waals surface area contributed by atoms with E-state index in [-0.39, 0.29) is 17.5 Å². The van der Waals surface area contributed by atoms with Crippen molar-refractivity contribution < 1.29 is 13.9 Å². The summed E-state index contributed by atoms with van der Waals surface area (Å²) in [6.07, 6.45) is 1.26. The summed E-state index contributed by atoms with van der Waals surface area (Å²) in [6.45, 7) is -0.164. The first kappa shape index (κ1) is 16.3. The SMILES string of the molecule is O=C(COc1ccc(-c2nnco2)cc1)Nc1cccc(Cl)c1Cl. The fourth-order valence-corrected chi connectivity index (χ4v) is 2.28. The van der Waals surface area contributed by atoms with E-state index in [1.54, 1.807) is 42.5 Å². The third kappa shape index (κ3) is 3.84. The van der Waals surface area contributed by atoms with Crippen LogP contribution >= 0.6 is 23.2 Å². The molecule has 2 aromatic carbocycles. The normalized spacial score (nSPS) is 10.4. The van der Waals surface area contributed by atoms with Crippen LogP contribution in [0.25, 0.3) is 11.5 Å². The topological polar surface area (TPSA) is 77.2 Å². The number of ether oxygens (including phenoxy) is 1. The maximum absolute atomic E-state index is 11.9. The number of rotatable bonds is 5. The van der Waals surface area contributed by atoms with E-state index in [0.717, 1.165) is 5.56 Å². The highest BCUT2D eigenvalue weighted by Crippen LogP contribution is 2.29. The second-order valence-electron chi connectivity index (χ2n) is 4.71. The van der Waals surface area contributed by atoms with Gasteiger partial charge in [0.15, 0.2) is 6.61 Å². The molecule has 1 aromatic heterocycles. The smallest absolute Gasteiger partial charge is 0.262 e. The van der Waals surface area contributed by atoms with E-state index in [1.807, 2.05) is 0 Å². The minimum atomic E-state index is -0.347. The van der Waals surface area contributed by atoms with Crippen LogP contribution in [0.3, 0.4) is 0 Å². The summed E-state index contributed by atoms with van der Waals surface area (Å²) in [6, 6.07) is 11.9. The molecule has 0 unspecified atom stereocenters. The van der Waals surface area contributed by atoms with Crippen LogP contribution in [0.4, 0.5) is 5.69 Å². The molecular formula is C16H11Cl2N3O3. The Morgan fingerprint density at radius 2 is 1.96 bits per heavy atom. The molecule has 3 rings (SSSR count). The summed E-state index contributed by atoms with van der Waals surface area (Å²) < 4.78 is 10.5. The molecule has 24 heavy (non-hydrogen) atoms. The first-order valence-electron chi connectivity index (χ1n) is 6.87. The Balaban J connectivity index is 1.57. The molecule has 6 nitrogen and oxygen atoms in total. The van der Waals surface area contributed by atoms with Crippen molar-refractivity contribution in [3.8, 4) is 17.2 Å². The number of nitrogens with one attached hydrogen (secondary N) is 1. The second-order valence-corrected chi connectivity index (χ2v) is 5.49. The van der Waals surface area contributed by atoms with Crippen LogP contribution < -0.4 is 10.1 Å². The zero-order chi connectivity index (χ0) is 16.9. The van der Waals surface area contributed by atoms with E-state index in [4.69, 9.17) is 32.4 Å². The average molecular weight is 364 g/mol. The molecule has 8 heteroatoms.